The maximum absolute atomic E-state index is 10.0. The van der Waals surface area contributed by atoms with E-state index in [1.165, 1.54) is 11.3 Å². The zero-order valence-electron chi connectivity index (χ0n) is 12.5. The summed E-state index contributed by atoms with van der Waals surface area (Å²) in [5.41, 5.74) is 0. The molecule has 0 saturated carbocycles. The van der Waals surface area contributed by atoms with Crippen molar-refractivity contribution in [2.75, 3.05) is 46.9 Å². The largest absolute Gasteiger partial charge is 0.389 e. The molecule has 0 aromatic carbocycles. The van der Waals surface area contributed by atoms with Crippen molar-refractivity contribution in [3.8, 4) is 0 Å². The van der Waals surface area contributed by atoms with Gasteiger partial charge in [0.1, 0.15) is 0 Å². The fraction of sp³-hybridized carbons (Fsp3) is 0.733. The molecule has 20 heavy (non-hydrogen) atoms. The fourth-order valence-corrected chi connectivity index (χ4v) is 3.43. The average molecular weight is 298 g/mol. The molecule has 5 heteroatoms. The van der Waals surface area contributed by atoms with Crippen LogP contribution in [0.1, 0.15) is 11.3 Å². The Bertz CT molecular complexity index is 370. The lowest BCUT2D eigenvalue weighted by Crippen LogP contribution is -2.34. The van der Waals surface area contributed by atoms with Crippen LogP contribution in [0.2, 0.25) is 0 Å². The minimum absolute atomic E-state index is 0.381. The number of nitrogens with zero attached hydrogens (tertiary/aromatic N) is 2. The summed E-state index contributed by atoms with van der Waals surface area (Å²) in [6, 6.07) is 4.08. The topological polar surface area (TPSA) is 35.9 Å². The van der Waals surface area contributed by atoms with Crippen LogP contribution in [-0.2, 0) is 11.3 Å². The van der Waals surface area contributed by atoms with Gasteiger partial charge in [-0.25, -0.2) is 0 Å². The van der Waals surface area contributed by atoms with Gasteiger partial charge in [0.05, 0.1) is 19.3 Å². The van der Waals surface area contributed by atoms with Crippen LogP contribution in [-0.4, -0.2) is 67.9 Å². The van der Waals surface area contributed by atoms with Gasteiger partial charge in [-0.3, -0.25) is 0 Å². The minimum atomic E-state index is -0.381. The third-order valence-corrected chi connectivity index (χ3v) is 4.45. The maximum Gasteiger partial charge on any atom is 0.0900 e. The van der Waals surface area contributed by atoms with Gasteiger partial charge in [0.15, 0.2) is 0 Å². The van der Waals surface area contributed by atoms with E-state index in [9.17, 15) is 5.11 Å². The van der Waals surface area contributed by atoms with Crippen LogP contribution in [0.5, 0.6) is 0 Å². The van der Waals surface area contributed by atoms with Crippen molar-refractivity contribution in [1.29, 1.82) is 0 Å². The molecule has 1 aromatic rings. The lowest BCUT2D eigenvalue weighted by atomic mass is 10.1. The summed E-state index contributed by atoms with van der Waals surface area (Å²) in [6.45, 7) is 5.10. The molecule has 1 aromatic heterocycles. The standard InChI is InChI=1S/C15H26N2O2S/c1-16(2)8-13-5-6-17(9-13)10-14(18)11-19-12-15-4-3-7-20-15/h3-4,7,13-14,18H,5-6,8-12H2,1-2H3/t13-,14+/m1/s1. The number of hydrogen-bond donors (Lipinski definition) is 1. The first kappa shape index (κ1) is 15.9. The van der Waals surface area contributed by atoms with E-state index in [2.05, 4.69) is 30.0 Å². The van der Waals surface area contributed by atoms with Crippen LogP contribution in [0.25, 0.3) is 0 Å². The number of hydrogen-bond acceptors (Lipinski definition) is 5. The number of aliphatic hydroxyl groups is 1. The summed E-state index contributed by atoms with van der Waals surface area (Å²) < 4.78 is 5.57. The molecule has 114 valence electrons. The predicted octanol–water partition coefficient (Wildman–Crippen LogP) is 1.51. The normalized spacial score (nSPS) is 21.7. The second-order valence-electron chi connectivity index (χ2n) is 5.92. The number of likely N-dealkylation sites (tertiary alicyclic amines) is 1. The first-order chi connectivity index (χ1) is 9.63. The van der Waals surface area contributed by atoms with Gasteiger partial charge in [0, 0.05) is 24.5 Å². The number of ether oxygens (including phenoxy) is 1. The lowest BCUT2D eigenvalue weighted by molar-refractivity contribution is 0.0136. The molecular formula is C15H26N2O2S. The van der Waals surface area contributed by atoms with E-state index in [4.69, 9.17) is 4.74 Å². The molecule has 1 aliphatic rings. The molecule has 0 aliphatic carbocycles. The highest BCUT2D eigenvalue weighted by Gasteiger charge is 2.24. The summed E-state index contributed by atoms with van der Waals surface area (Å²) in [5, 5.41) is 12.1. The molecule has 2 atom stereocenters. The number of β-amino-alcohol motifs (C(OH)–C–C–N with tert-alkyl or cyclic N) is 1. The van der Waals surface area contributed by atoms with Crippen molar-refractivity contribution >= 4 is 11.3 Å². The van der Waals surface area contributed by atoms with Crippen molar-refractivity contribution in [3.05, 3.63) is 22.4 Å². The van der Waals surface area contributed by atoms with Crippen molar-refractivity contribution < 1.29 is 9.84 Å². The van der Waals surface area contributed by atoms with E-state index >= 15 is 0 Å². The van der Waals surface area contributed by atoms with Crippen LogP contribution in [0.15, 0.2) is 17.5 Å². The van der Waals surface area contributed by atoms with Crippen LogP contribution in [0.3, 0.4) is 0 Å². The summed E-state index contributed by atoms with van der Waals surface area (Å²) in [4.78, 5) is 5.81. The smallest absolute Gasteiger partial charge is 0.0900 e. The molecule has 4 nitrogen and oxygen atoms in total. The van der Waals surface area contributed by atoms with E-state index in [1.807, 2.05) is 11.4 Å². The Balaban J connectivity index is 1.59. The molecule has 1 aliphatic heterocycles. The molecule has 0 amide bonds. The number of rotatable bonds is 8. The van der Waals surface area contributed by atoms with Gasteiger partial charge in [-0.15, -0.1) is 11.3 Å². The molecule has 0 unspecified atom stereocenters. The van der Waals surface area contributed by atoms with Gasteiger partial charge in [-0.2, -0.15) is 0 Å². The Hall–Kier alpha value is -0.460. The molecular weight excluding hydrogens is 272 g/mol. The fourth-order valence-electron chi connectivity index (χ4n) is 2.79. The highest BCUT2D eigenvalue weighted by molar-refractivity contribution is 7.09. The van der Waals surface area contributed by atoms with E-state index < -0.39 is 0 Å². The van der Waals surface area contributed by atoms with E-state index in [0.29, 0.717) is 13.2 Å². The second kappa shape index (κ2) is 8.10. The molecule has 1 fully saturated rings. The minimum Gasteiger partial charge on any atom is -0.389 e. The van der Waals surface area contributed by atoms with Crippen LogP contribution in [0, 0.1) is 5.92 Å². The summed E-state index contributed by atoms with van der Waals surface area (Å²) >= 11 is 1.69. The monoisotopic (exact) mass is 298 g/mol. The van der Waals surface area contributed by atoms with Gasteiger partial charge < -0.3 is 19.6 Å². The molecule has 0 bridgehead atoms. The Morgan fingerprint density at radius 1 is 1.55 bits per heavy atom. The van der Waals surface area contributed by atoms with E-state index in [0.717, 1.165) is 32.1 Å². The van der Waals surface area contributed by atoms with Gasteiger partial charge >= 0.3 is 0 Å². The summed E-state index contributed by atoms with van der Waals surface area (Å²) in [5.74, 6) is 0.740. The van der Waals surface area contributed by atoms with Gasteiger partial charge in [0.2, 0.25) is 0 Å². The SMILES string of the molecule is CN(C)C[C@H]1CCN(C[C@H](O)COCc2cccs2)C1. The third-order valence-electron chi connectivity index (χ3n) is 3.60. The number of aliphatic hydroxyl groups excluding tert-OH is 1. The Kier molecular flexibility index (Phi) is 6.45. The summed E-state index contributed by atoms with van der Waals surface area (Å²) in [7, 11) is 4.24. The lowest BCUT2D eigenvalue weighted by Gasteiger charge is -2.21. The highest BCUT2D eigenvalue weighted by atomic mass is 32.1. The van der Waals surface area contributed by atoms with Crippen molar-refractivity contribution in [2.24, 2.45) is 5.92 Å². The average Bonchev–Trinajstić information content (AvgIpc) is 3.00. The molecule has 0 radical (unpaired) electrons. The van der Waals surface area contributed by atoms with Crippen molar-refractivity contribution in [2.45, 2.75) is 19.1 Å². The Labute approximate surface area is 126 Å². The molecule has 2 heterocycles. The third kappa shape index (κ3) is 5.50. The zero-order valence-corrected chi connectivity index (χ0v) is 13.3. The number of thiophene rings is 1. The maximum atomic E-state index is 10.0. The van der Waals surface area contributed by atoms with Crippen molar-refractivity contribution in [3.63, 3.8) is 0 Å². The van der Waals surface area contributed by atoms with Gasteiger partial charge in [0.25, 0.3) is 0 Å². The molecule has 2 rings (SSSR count). The first-order valence-electron chi connectivity index (χ1n) is 7.28. The van der Waals surface area contributed by atoms with Gasteiger partial charge in [-0.05, 0) is 44.4 Å². The van der Waals surface area contributed by atoms with Crippen LogP contribution < -0.4 is 0 Å². The highest BCUT2D eigenvalue weighted by Crippen LogP contribution is 2.17. The molecule has 0 spiro atoms. The van der Waals surface area contributed by atoms with Crippen LogP contribution in [0.4, 0.5) is 0 Å². The summed E-state index contributed by atoms with van der Waals surface area (Å²) in [6.07, 6.45) is 0.856. The van der Waals surface area contributed by atoms with E-state index in [-0.39, 0.29) is 6.10 Å². The molecule has 1 N–H and O–H groups in total. The van der Waals surface area contributed by atoms with Crippen molar-refractivity contribution in [1.82, 2.24) is 9.80 Å². The molecule has 1 saturated heterocycles. The Morgan fingerprint density at radius 2 is 2.40 bits per heavy atom. The Morgan fingerprint density at radius 3 is 3.10 bits per heavy atom. The first-order valence-corrected chi connectivity index (χ1v) is 8.16. The van der Waals surface area contributed by atoms with E-state index in [1.54, 1.807) is 11.3 Å². The van der Waals surface area contributed by atoms with Gasteiger partial charge in [-0.1, -0.05) is 6.07 Å². The quantitative estimate of drug-likeness (QED) is 0.789. The van der Waals surface area contributed by atoms with Crippen LogP contribution >= 0.6 is 11.3 Å². The predicted molar refractivity (Wildman–Crippen MR) is 83.1 cm³/mol. The second-order valence-corrected chi connectivity index (χ2v) is 6.96. The zero-order chi connectivity index (χ0) is 14.4.